The van der Waals surface area contributed by atoms with Crippen molar-refractivity contribution in [2.45, 2.75) is 40.0 Å². The van der Waals surface area contributed by atoms with Crippen LogP contribution in [0.5, 0.6) is 0 Å². The second-order valence-electron chi connectivity index (χ2n) is 7.25. The second kappa shape index (κ2) is 8.24. The van der Waals surface area contributed by atoms with Gasteiger partial charge in [-0.05, 0) is 37.5 Å². The van der Waals surface area contributed by atoms with Gasteiger partial charge in [-0.15, -0.1) is 0 Å². The lowest BCUT2D eigenvalue weighted by Gasteiger charge is -2.28. The van der Waals surface area contributed by atoms with Crippen molar-refractivity contribution in [2.24, 2.45) is 5.41 Å². The molecule has 1 aliphatic heterocycles. The van der Waals surface area contributed by atoms with Gasteiger partial charge in [-0.3, -0.25) is 9.59 Å². The molecule has 6 heteroatoms. The number of piperidine rings is 1. The number of nitrogens with one attached hydrogen (secondary N) is 1. The highest BCUT2D eigenvalue weighted by Crippen LogP contribution is 2.27. The fourth-order valence-electron chi connectivity index (χ4n) is 2.52. The summed E-state index contributed by atoms with van der Waals surface area (Å²) in [6.07, 6.45) is 4.64. The zero-order valence-corrected chi connectivity index (χ0v) is 16.4. The van der Waals surface area contributed by atoms with Crippen molar-refractivity contribution in [3.63, 3.8) is 0 Å². The number of amides is 2. The largest absolute Gasteiger partial charge is 0.337 e. The average molecular weight is 383 g/mol. The molecule has 1 aromatic rings. The van der Waals surface area contributed by atoms with E-state index in [9.17, 15) is 9.59 Å². The predicted molar refractivity (Wildman–Crippen MR) is 102 cm³/mol. The Labute approximate surface area is 159 Å². The number of benzene rings is 1. The molecular weight excluding hydrogens is 359 g/mol. The Morgan fingerprint density at radius 1 is 1.08 bits per heavy atom. The monoisotopic (exact) mass is 382 g/mol. The number of rotatable bonds is 3. The van der Waals surface area contributed by atoms with Crippen molar-refractivity contribution in [1.29, 1.82) is 0 Å². The number of carbonyl (C=O) groups excluding carboxylic acids is 2. The molecule has 1 heterocycles. The highest BCUT2D eigenvalue weighted by Gasteiger charge is 2.27. The van der Waals surface area contributed by atoms with Crippen LogP contribution in [0.1, 0.15) is 45.6 Å². The minimum atomic E-state index is -0.619. The summed E-state index contributed by atoms with van der Waals surface area (Å²) in [7, 11) is 0. The van der Waals surface area contributed by atoms with Crippen LogP contribution in [0.3, 0.4) is 0 Å². The molecule has 0 bridgehead atoms. The minimum Gasteiger partial charge on any atom is -0.337 e. The summed E-state index contributed by atoms with van der Waals surface area (Å²) in [5.74, 6) is -0.430. The minimum absolute atomic E-state index is 0.201. The van der Waals surface area contributed by atoms with E-state index in [1.807, 2.05) is 0 Å². The lowest BCUT2D eigenvalue weighted by molar-refractivity contribution is -0.132. The summed E-state index contributed by atoms with van der Waals surface area (Å²) in [4.78, 5) is 27.1. The van der Waals surface area contributed by atoms with E-state index in [2.05, 4.69) is 5.32 Å². The maximum absolute atomic E-state index is 12.9. The van der Waals surface area contributed by atoms with E-state index in [0.29, 0.717) is 28.7 Å². The van der Waals surface area contributed by atoms with Crippen LogP contribution in [0, 0.1) is 5.41 Å². The molecule has 1 aromatic carbocycles. The molecular formula is C19H24Cl2N2O2. The number of likely N-dealkylation sites (tertiary alicyclic amines) is 1. The van der Waals surface area contributed by atoms with Crippen LogP contribution < -0.4 is 5.32 Å². The molecule has 0 radical (unpaired) electrons. The van der Waals surface area contributed by atoms with Crippen LogP contribution in [0.25, 0.3) is 6.08 Å². The molecule has 0 aromatic heterocycles. The van der Waals surface area contributed by atoms with Crippen LogP contribution in [0.4, 0.5) is 0 Å². The topological polar surface area (TPSA) is 49.4 Å². The lowest BCUT2D eigenvalue weighted by atomic mass is 9.95. The van der Waals surface area contributed by atoms with Gasteiger partial charge in [0.1, 0.15) is 5.70 Å². The molecule has 1 N–H and O–H groups in total. The number of carbonyl (C=O) groups is 2. The Bertz CT molecular complexity index is 667. The molecule has 1 fully saturated rings. The molecule has 2 rings (SSSR count). The molecule has 1 aliphatic rings. The van der Waals surface area contributed by atoms with Gasteiger partial charge in [0.25, 0.3) is 5.91 Å². The van der Waals surface area contributed by atoms with Gasteiger partial charge < -0.3 is 10.2 Å². The van der Waals surface area contributed by atoms with Gasteiger partial charge in [0.05, 0.1) is 0 Å². The van der Waals surface area contributed by atoms with Crippen LogP contribution in [-0.4, -0.2) is 29.8 Å². The fourth-order valence-corrected chi connectivity index (χ4v) is 3.03. The third-order valence-electron chi connectivity index (χ3n) is 4.09. The smallest absolute Gasteiger partial charge is 0.270 e. The van der Waals surface area contributed by atoms with Gasteiger partial charge in [-0.1, -0.05) is 50.0 Å². The molecule has 0 spiro atoms. The van der Waals surface area contributed by atoms with Gasteiger partial charge in [0, 0.05) is 34.1 Å². The molecule has 0 unspecified atom stereocenters. The van der Waals surface area contributed by atoms with E-state index < -0.39 is 5.41 Å². The zero-order valence-electron chi connectivity index (χ0n) is 14.9. The summed E-state index contributed by atoms with van der Waals surface area (Å²) in [6, 6.07) is 5.14. The molecule has 2 amide bonds. The van der Waals surface area contributed by atoms with Crippen LogP contribution >= 0.6 is 23.2 Å². The van der Waals surface area contributed by atoms with Crippen LogP contribution in [-0.2, 0) is 9.59 Å². The van der Waals surface area contributed by atoms with Crippen molar-refractivity contribution >= 4 is 41.1 Å². The van der Waals surface area contributed by atoms with Gasteiger partial charge in [-0.2, -0.15) is 0 Å². The zero-order chi connectivity index (χ0) is 18.6. The van der Waals surface area contributed by atoms with Gasteiger partial charge in [0.15, 0.2) is 0 Å². The molecule has 136 valence electrons. The predicted octanol–water partition coefficient (Wildman–Crippen LogP) is 4.51. The second-order valence-corrected chi connectivity index (χ2v) is 8.06. The quantitative estimate of drug-likeness (QED) is 0.781. The third kappa shape index (κ3) is 5.23. The molecule has 0 saturated carbocycles. The molecule has 0 atom stereocenters. The van der Waals surface area contributed by atoms with E-state index in [1.165, 1.54) is 0 Å². The SMILES string of the molecule is CC(C)(C)C(=O)N/C(=C\c1c(Cl)cccc1Cl)C(=O)N1CCCCC1. The van der Waals surface area contributed by atoms with Gasteiger partial charge >= 0.3 is 0 Å². The molecule has 4 nitrogen and oxygen atoms in total. The van der Waals surface area contributed by atoms with Crippen LogP contribution in [0.2, 0.25) is 10.0 Å². The van der Waals surface area contributed by atoms with E-state index >= 15 is 0 Å². The maximum Gasteiger partial charge on any atom is 0.270 e. The Balaban J connectivity index is 2.39. The number of halogens is 2. The normalized spacial score (nSPS) is 15.9. The van der Waals surface area contributed by atoms with Crippen molar-refractivity contribution < 1.29 is 9.59 Å². The number of nitrogens with zero attached hydrogens (tertiary/aromatic N) is 1. The first-order valence-electron chi connectivity index (χ1n) is 8.46. The van der Waals surface area contributed by atoms with E-state index in [1.54, 1.807) is 49.9 Å². The van der Waals surface area contributed by atoms with E-state index in [0.717, 1.165) is 19.3 Å². The average Bonchev–Trinajstić information content (AvgIpc) is 2.56. The van der Waals surface area contributed by atoms with Crippen LogP contribution in [0.15, 0.2) is 23.9 Å². The highest BCUT2D eigenvalue weighted by molar-refractivity contribution is 6.37. The van der Waals surface area contributed by atoms with Gasteiger partial charge in [0.2, 0.25) is 5.91 Å². The van der Waals surface area contributed by atoms with E-state index in [4.69, 9.17) is 23.2 Å². The Hall–Kier alpha value is -1.52. The summed E-state index contributed by atoms with van der Waals surface area (Å²) in [5.41, 5.74) is 0.114. The summed E-state index contributed by atoms with van der Waals surface area (Å²) in [5, 5.41) is 3.63. The lowest BCUT2D eigenvalue weighted by Crippen LogP contribution is -2.43. The maximum atomic E-state index is 12.9. The van der Waals surface area contributed by atoms with Crippen molar-refractivity contribution in [1.82, 2.24) is 10.2 Å². The van der Waals surface area contributed by atoms with Crippen molar-refractivity contribution in [2.75, 3.05) is 13.1 Å². The summed E-state index contributed by atoms with van der Waals surface area (Å²) < 4.78 is 0. The first-order valence-corrected chi connectivity index (χ1v) is 9.22. The van der Waals surface area contributed by atoms with Crippen molar-refractivity contribution in [3.8, 4) is 0 Å². The Kier molecular flexibility index (Phi) is 6.53. The highest BCUT2D eigenvalue weighted by atomic mass is 35.5. The Morgan fingerprint density at radius 2 is 1.64 bits per heavy atom. The third-order valence-corrected chi connectivity index (χ3v) is 4.75. The van der Waals surface area contributed by atoms with Crippen molar-refractivity contribution in [3.05, 3.63) is 39.5 Å². The van der Waals surface area contributed by atoms with E-state index in [-0.39, 0.29) is 17.5 Å². The Morgan fingerprint density at radius 3 is 2.16 bits per heavy atom. The molecule has 25 heavy (non-hydrogen) atoms. The number of hydrogen-bond donors (Lipinski definition) is 1. The number of hydrogen-bond acceptors (Lipinski definition) is 2. The first kappa shape index (κ1) is 19.8. The summed E-state index contributed by atoms with van der Waals surface area (Å²) >= 11 is 12.4. The van der Waals surface area contributed by atoms with Gasteiger partial charge in [-0.25, -0.2) is 0 Å². The first-order chi connectivity index (χ1) is 11.7. The standard InChI is InChI=1S/C19H24Cl2N2O2/c1-19(2,3)18(25)22-16(17(24)23-10-5-4-6-11-23)12-13-14(20)8-7-9-15(13)21/h7-9,12H,4-6,10-11H2,1-3H3,(H,22,25)/b16-12-. The molecule has 0 aliphatic carbocycles. The summed E-state index contributed by atoms with van der Waals surface area (Å²) in [6.45, 7) is 6.78. The fraction of sp³-hybridized carbons (Fsp3) is 0.474. The molecule has 1 saturated heterocycles.